The third-order valence-electron chi connectivity index (χ3n) is 5.11. The highest BCUT2D eigenvalue weighted by Gasteiger charge is 2.35. The Bertz CT molecular complexity index is 797. The quantitative estimate of drug-likeness (QED) is 0.299. The molecule has 3 rings (SSSR count). The Kier molecular flexibility index (Phi) is 6.89. The number of nitrogens with zero attached hydrogens (tertiary/aromatic N) is 1. The Balaban J connectivity index is 1.66. The molecule has 0 radical (unpaired) electrons. The average molecular weight is 432 g/mol. The summed E-state index contributed by atoms with van der Waals surface area (Å²) in [6.07, 6.45) is 6.32. The molecule has 0 bridgehead atoms. The lowest BCUT2D eigenvalue weighted by atomic mass is 10.1. The number of rotatable bonds is 9. The topological polar surface area (TPSA) is 48.3 Å². The number of esters is 1. The summed E-state index contributed by atoms with van der Waals surface area (Å²) in [6, 6.07) is 11.1. The smallest absolute Gasteiger partial charge is 0.315 e. The van der Waals surface area contributed by atoms with Crippen molar-refractivity contribution in [2.45, 2.75) is 57.9 Å². The van der Waals surface area contributed by atoms with Crippen molar-refractivity contribution in [3.8, 4) is 0 Å². The number of aromatic nitrogens is 1. The molecule has 0 saturated heterocycles. The highest BCUT2D eigenvalue weighted by molar-refractivity contribution is 9.10. The zero-order chi connectivity index (χ0) is 19.2. The van der Waals surface area contributed by atoms with E-state index >= 15 is 0 Å². The van der Waals surface area contributed by atoms with E-state index in [4.69, 9.17) is 4.74 Å². The van der Waals surface area contributed by atoms with Gasteiger partial charge in [-0.25, -0.2) is 0 Å². The van der Waals surface area contributed by atoms with E-state index in [1.165, 1.54) is 19.3 Å². The fourth-order valence-electron chi connectivity index (χ4n) is 3.65. The van der Waals surface area contributed by atoms with Crippen LogP contribution in [0.2, 0.25) is 0 Å². The first-order valence-electron chi connectivity index (χ1n) is 9.78. The minimum atomic E-state index is -0.299. The monoisotopic (exact) mass is 431 g/mol. The molecule has 1 atom stereocenters. The lowest BCUT2D eigenvalue weighted by molar-refractivity contribution is -0.145. The van der Waals surface area contributed by atoms with Gasteiger partial charge in [0.1, 0.15) is 0 Å². The molecule has 1 aromatic carbocycles. The molecule has 5 heteroatoms. The molecule has 0 aliphatic carbocycles. The second-order valence-corrected chi connectivity index (χ2v) is 7.89. The Morgan fingerprint density at radius 2 is 1.89 bits per heavy atom. The van der Waals surface area contributed by atoms with Gasteiger partial charge >= 0.3 is 5.97 Å². The van der Waals surface area contributed by atoms with Crippen LogP contribution in [0.25, 0.3) is 0 Å². The number of halogens is 1. The van der Waals surface area contributed by atoms with Crippen LogP contribution in [0, 0.1) is 0 Å². The molecular formula is C22H26BrNO3. The van der Waals surface area contributed by atoms with Gasteiger partial charge in [-0.1, -0.05) is 62.9 Å². The lowest BCUT2D eigenvalue weighted by Crippen LogP contribution is -2.15. The normalized spacial score (nSPS) is 15.6. The number of fused-ring (bicyclic) bond motifs is 1. The third-order valence-corrected chi connectivity index (χ3v) is 5.74. The summed E-state index contributed by atoms with van der Waals surface area (Å²) in [4.78, 5) is 25.4. The summed E-state index contributed by atoms with van der Waals surface area (Å²) in [7, 11) is 0. The highest BCUT2D eigenvalue weighted by Crippen LogP contribution is 2.38. The van der Waals surface area contributed by atoms with Crippen molar-refractivity contribution < 1.29 is 14.3 Å². The number of carbonyl (C=O) groups excluding carboxylic acids is 2. The van der Waals surface area contributed by atoms with Crippen LogP contribution in [0.4, 0.5) is 0 Å². The number of hydrogen-bond donors (Lipinski definition) is 0. The highest BCUT2D eigenvalue weighted by atomic mass is 79.9. The molecule has 1 unspecified atom stereocenters. The van der Waals surface area contributed by atoms with E-state index in [1.54, 1.807) is 0 Å². The SMILES string of the molecule is CCCCCCCOC(=O)C1CCn2c(C(=O)c3ccccc3)cc(Br)c21. The van der Waals surface area contributed by atoms with Crippen molar-refractivity contribution in [2.24, 2.45) is 0 Å². The average Bonchev–Trinajstić information content (AvgIpc) is 3.26. The molecule has 1 aliphatic heterocycles. The van der Waals surface area contributed by atoms with E-state index in [1.807, 2.05) is 41.0 Å². The van der Waals surface area contributed by atoms with Crippen LogP contribution >= 0.6 is 15.9 Å². The Morgan fingerprint density at radius 1 is 1.15 bits per heavy atom. The number of ether oxygens (including phenoxy) is 1. The molecule has 0 spiro atoms. The molecule has 2 aromatic rings. The molecule has 27 heavy (non-hydrogen) atoms. The van der Waals surface area contributed by atoms with E-state index in [0.717, 1.165) is 23.0 Å². The van der Waals surface area contributed by atoms with Gasteiger partial charge in [-0.3, -0.25) is 9.59 Å². The van der Waals surface area contributed by atoms with Gasteiger partial charge in [0.25, 0.3) is 0 Å². The van der Waals surface area contributed by atoms with Gasteiger partial charge in [0, 0.05) is 22.3 Å². The molecule has 144 valence electrons. The molecular weight excluding hydrogens is 406 g/mol. The summed E-state index contributed by atoms with van der Waals surface area (Å²) in [5, 5.41) is 0. The summed E-state index contributed by atoms with van der Waals surface area (Å²) in [6.45, 7) is 3.32. The van der Waals surface area contributed by atoms with Crippen molar-refractivity contribution in [1.82, 2.24) is 4.57 Å². The minimum absolute atomic E-state index is 0.0208. The summed E-state index contributed by atoms with van der Waals surface area (Å²) in [5.41, 5.74) is 2.15. The first-order valence-corrected chi connectivity index (χ1v) is 10.6. The molecule has 2 heterocycles. The van der Waals surface area contributed by atoms with Crippen LogP contribution in [0.5, 0.6) is 0 Å². The zero-order valence-corrected chi connectivity index (χ0v) is 17.3. The van der Waals surface area contributed by atoms with Crippen LogP contribution < -0.4 is 0 Å². The summed E-state index contributed by atoms with van der Waals surface area (Å²) in [5.74, 6) is -0.499. The predicted octanol–water partition coefficient (Wildman–Crippen LogP) is 5.48. The third kappa shape index (κ3) is 4.52. The van der Waals surface area contributed by atoms with E-state index in [0.29, 0.717) is 30.8 Å². The van der Waals surface area contributed by atoms with Crippen LogP contribution in [0.3, 0.4) is 0 Å². The molecule has 1 aliphatic rings. The van der Waals surface area contributed by atoms with Gasteiger partial charge in [0.2, 0.25) is 5.78 Å². The van der Waals surface area contributed by atoms with E-state index < -0.39 is 0 Å². The molecule has 0 saturated carbocycles. The number of carbonyl (C=O) groups is 2. The van der Waals surface area contributed by atoms with Gasteiger partial charge in [0.15, 0.2) is 0 Å². The van der Waals surface area contributed by atoms with Crippen molar-refractivity contribution in [1.29, 1.82) is 0 Å². The molecule has 4 nitrogen and oxygen atoms in total. The fourth-order valence-corrected chi connectivity index (χ4v) is 4.36. The second-order valence-electron chi connectivity index (χ2n) is 7.03. The first kappa shape index (κ1) is 19.9. The van der Waals surface area contributed by atoms with Crippen LogP contribution in [0.1, 0.15) is 73.1 Å². The minimum Gasteiger partial charge on any atom is -0.465 e. The fraction of sp³-hybridized carbons (Fsp3) is 0.455. The maximum absolute atomic E-state index is 12.8. The van der Waals surface area contributed by atoms with E-state index in [-0.39, 0.29) is 17.7 Å². The van der Waals surface area contributed by atoms with E-state index in [2.05, 4.69) is 22.9 Å². The van der Waals surface area contributed by atoms with Crippen LogP contribution in [-0.2, 0) is 16.1 Å². The maximum atomic E-state index is 12.8. The Morgan fingerprint density at radius 3 is 2.63 bits per heavy atom. The number of ketones is 1. The van der Waals surface area contributed by atoms with Gasteiger partial charge < -0.3 is 9.30 Å². The van der Waals surface area contributed by atoms with E-state index in [9.17, 15) is 9.59 Å². The van der Waals surface area contributed by atoms with Gasteiger partial charge in [0.05, 0.1) is 18.2 Å². The van der Waals surface area contributed by atoms with Gasteiger partial charge in [-0.15, -0.1) is 0 Å². The molecule has 1 aromatic heterocycles. The molecule has 0 N–H and O–H groups in total. The number of unbranched alkanes of at least 4 members (excludes halogenated alkanes) is 4. The lowest BCUT2D eigenvalue weighted by Gasteiger charge is -2.11. The predicted molar refractivity (Wildman–Crippen MR) is 109 cm³/mol. The summed E-state index contributed by atoms with van der Waals surface area (Å²) < 4.78 is 8.29. The molecule has 0 amide bonds. The standard InChI is InChI=1S/C22H26BrNO3/c1-2-3-4-5-9-14-27-22(26)17-12-13-24-19(15-18(23)20(17)24)21(25)16-10-7-6-8-11-16/h6-8,10-11,15,17H,2-5,9,12-14H2,1H3. The van der Waals surface area contributed by atoms with Crippen LogP contribution in [-0.4, -0.2) is 22.9 Å². The van der Waals surface area contributed by atoms with Crippen LogP contribution in [0.15, 0.2) is 40.9 Å². The summed E-state index contributed by atoms with van der Waals surface area (Å²) >= 11 is 3.55. The largest absolute Gasteiger partial charge is 0.465 e. The number of benzene rings is 1. The van der Waals surface area contributed by atoms with Crippen molar-refractivity contribution in [3.63, 3.8) is 0 Å². The number of hydrogen-bond acceptors (Lipinski definition) is 3. The Labute approximate surface area is 169 Å². The Hall–Kier alpha value is -1.88. The maximum Gasteiger partial charge on any atom is 0.315 e. The van der Waals surface area contributed by atoms with Gasteiger partial charge in [-0.2, -0.15) is 0 Å². The second kappa shape index (κ2) is 9.36. The first-order chi connectivity index (χ1) is 13.1. The van der Waals surface area contributed by atoms with Crippen molar-refractivity contribution in [3.05, 3.63) is 57.8 Å². The van der Waals surface area contributed by atoms with Gasteiger partial charge in [-0.05, 0) is 34.8 Å². The van der Waals surface area contributed by atoms with Crippen molar-refractivity contribution in [2.75, 3.05) is 6.61 Å². The van der Waals surface area contributed by atoms with Crippen molar-refractivity contribution >= 4 is 27.7 Å². The molecule has 0 fully saturated rings. The zero-order valence-electron chi connectivity index (χ0n) is 15.7.